The van der Waals surface area contributed by atoms with Gasteiger partial charge >= 0.3 is 6.09 Å². The molecule has 0 saturated carbocycles. The number of amides is 1. The average Bonchev–Trinajstić information content (AvgIpc) is 3.26. The normalized spacial score (nSPS) is 11.8. The molecule has 0 aliphatic rings. The van der Waals surface area contributed by atoms with Crippen molar-refractivity contribution in [3.63, 3.8) is 0 Å². The van der Waals surface area contributed by atoms with Crippen LogP contribution in [0.3, 0.4) is 0 Å². The molecule has 0 aliphatic carbocycles. The van der Waals surface area contributed by atoms with E-state index in [-0.39, 0.29) is 6.09 Å². The van der Waals surface area contributed by atoms with Gasteiger partial charge in [-0.15, -0.1) is 0 Å². The molecule has 1 amide bonds. The molecule has 0 bridgehead atoms. The number of rotatable bonds is 53. The molecule has 378 valence electrons. The smallest absolute Gasteiger partial charge is 0.410 e. The van der Waals surface area contributed by atoms with Gasteiger partial charge in [0, 0.05) is 20.2 Å². The fourth-order valence-corrected chi connectivity index (χ4v) is 5.91. The van der Waals surface area contributed by atoms with Crippen molar-refractivity contribution in [3.8, 4) is 0 Å². The zero-order valence-corrected chi connectivity index (χ0v) is 41.2. The van der Waals surface area contributed by atoms with Crippen molar-refractivity contribution < 1.29 is 66.4 Å². The molecule has 63 heavy (non-hydrogen) atoms. The summed E-state index contributed by atoms with van der Waals surface area (Å²) in [7, 11) is 1.69. The summed E-state index contributed by atoms with van der Waals surface area (Å²) in [6.07, 6.45) is 21.8. The van der Waals surface area contributed by atoms with E-state index in [1.807, 2.05) is 20.8 Å². The van der Waals surface area contributed by atoms with Crippen molar-refractivity contribution in [3.05, 3.63) is 0 Å². The number of likely N-dealkylation sites (N-methyl/N-ethyl adjacent to an activating group) is 1. The lowest BCUT2D eigenvalue weighted by atomic mass is 10.0. The van der Waals surface area contributed by atoms with E-state index in [2.05, 4.69) is 6.92 Å². The van der Waals surface area contributed by atoms with Crippen LogP contribution in [0, 0.1) is 0 Å². The highest BCUT2D eigenvalue weighted by Crippen LogP contribution is 2.14. The number of nitrogens with zero attached hydrogens (tertiary/aromatic N) is 1. The molecule has 0 unspecified atom stereocenters. The number of hydrogen-bond acceptors (Lipinski definition) is 14. The first-order chi connectivity index (χ1) is 30.9. The Morgan fingerprint density at radius 2 is 0.524 bits per heavy atom. The van der Waals surface area contributed by atoms with Gasteiger partial charge in [0.05, 0.1) is 152 Å². The van der Waals surface area contributed by atoms with Gasteiger partial charge in [0.1, 0.15) is 5.60 Å². The molecule has 0 saturated heterocycles. The highest BCUT2D eigenvalue weighted by atomic mass is 16.6. The van der Waals surface area contributed by atoms with Gasteiger partial charge in [0.2, 0.25) is 0 Å². The highest BCUT2D eigenvalue weighted by molar-refractivity contribution is 5.67. The Kier molecular flexibility index (Phi) is 50.8. The molecule has 15 heteroatoms. The molecular weight excluding hydrogens is 815 g/mol. The molecule has 0 N–H and O–H groups in total. The van der Waals surface area contributed by atoms with Crippen molar-refractivity contribution in [2.75, 3.05) is 172 Å². The minimum atomic E-state index is -0.511. The van der Waals surface area contributed by atoms with E-state index >= 15 is 0 Å². The van der Waals surface area contributed by atoms with Gasteiger partial charge in [-0.1, -0.05) is 103 Å². The van der Waals surface area contributed by atoms with Crippen LogP contribution in [-0.4, -0.2) is 189 Å². The molecule has 0 heterocycles. The number of hydrogen-bond donors (Lipinski definition) is 0. The predicted molar refractivity (Wildman–Crippen MR) is 248 cm³/mol. The Hall–Kier alpha value is -1.21. The van der Waals surface area contributed by atoms with Crippen molar-refractivity contribution in [2.45, 2.75) is 136 Å². The van der Waals surface area contributed by atoms with Gasteiger partial charge in [-0.05, 0) is 27.2 Å². The van der Waals surface area contributed by atoms with E-state index in [9.17, 15) is 4.79 Å². The maximum absolute atomic E-state index is 11.9. The Labute approximate surface area is 384 Å². The molecule has 15 nitrogen and oxygen atoms in total. The second-order valence-corrected chi connectivity index (χ2v) is 16.6. The molecule has 0 rings (SSSR count). The summed E-state index contributed by atoms with van der Waals surface area (Å²) in [4.78, 5) is 13.4. The minimum Gasteiger partial charge on any atom is -0.444 e. The zero-order chi connectivity index (χ0) is 45.8. The van der Waals surface area contributed by atoms with Crippen molar-refractivity contribution in [1.82, 2.24) is 4.90 Å². The molecule has 0 atom stereocenters. The topological polar surface area (TPSA) is 140 Å². The third kappa shape index (κ3) is 55.0. The predicted octanol–water partition coefficient (Wildman–Crippen LogP) is 8.31. The second-order valence-electron chi connectivity index (χ2n) is 16.6. The van der Waals surface area contributed by atoms with E-state index in [1.54, 1.807) is 7.05 Å². The average molecular weight is 912 g/mol. The molecular formula is C48H97NO14. The third-order valence-corrected chi connectivity index (χ3v) is 9.51. The summed E-state index contributed by atoms with van der Waals surface area (Å²) in [5.74, 6) is 0. The van der Waals surface area contributed by atoms with Crippen molar-refractivity contribution >= 4 is 6.09 Å². The lowest BCUT2D eigenvalue weighted by Gasteiger charge is -2.24. The van der Waals surface area contributed by atoms with Gasteiger partial charge in [-0.3, -0.25) is 0 Å². The third-order valence-electron chi connectivity index (χ3n) is 9.51. The first-order valence-corrected chi connectivity index (χ1v) is 24.7. The van der Waals surface area contributed by atoms with Crippen LogP contribution >= 0.6 is 0 Å². The zero-order valence-electron chi connectivity index (χ0n) is 41.2. The maximum atomic E-state index is 11.9. The fraction of sp³-hybridized carbons (Fsp3) is 0.979. The largest absolute Gasteiger partial charge is 0.444 e. The highest BCUT2D eigenvalue weighted by Gasteiger charge is 2.19. The Morgan fingerprint density at radius 3 is 0.762 bits per heavy atom. The van der Waals surface area contributed by atoms with Crippen LogP contribution in [0.1, 0.15) is 130 Å². The number of carbonyl (C=O) groups excluding carboxylic acids is 1. The SMILES string of the molecule is CCCCCCCCCCCCCCCCCCOCCOCCOCCOCCOCCOCCOCCOCCOCCOCCOCCOCCN(C)C(=O)OC(C)(C)C. The first kappa shape index (κ1) is 61.8. The summed E-state index contributed by atoms with van der Waals surface area (Å²) in [5, 5.41) is 0. The van der Waals surface area contributed by atoms with E-state index < -0.39 is 5.60 Å². The van der Waals surface area contributed by atoms with Gasteiger partial charge in [0.25, 0.3) is 0 Å². The van der Waals surface area contributed by atoms with Gasteiger partial charge in [-0.25, -0.2) is 4.79 Å². The van der Waals surface area contributed by atoms with E-state index in [1.165, 1.54) is 101 Å². The van der Waals surface area contributed by atoms with Crippen LogP contribution in [0.5, 0.6) is 0 Å². The number of unbranched alkanes of at least 4 members (excludes halogenated alkanes) is 15. The minimum absolute atomic E-state index is 0.363. The van der Waals surface area contributed by atoms with E-state index in [0.717, 1.165) is 13.0 Å². The summed E-state index contributed by atoms with van der Waals surface area (Å²) in [6.45, 7) is 20.8. The van der Waals surface area contributed by atoms with Crippen LogP contribution in [0.15, 0.2) is 0 Å². The fourth-order valence-electron chi connectivity index (χ4n) is 5.91. The standard InChI is InChI=1S/C48H97NO14/c1-6-7-8-9-10-11-12-13-14-15-16-17-18-19-20-21-23-51-25-27-53-29-31-55-33-35-57-37-39-59-41-43-61-45-46-62-44-42-60-40-38-58-36-34-56-32-30-54-28-26-52-24-22-49(5)47(50)63-48(2,3)4/h6-46H2,1-5H3. The van der Waals surface area contributed by atoms with Crippen LogP contribution in [-0.2, 0) is 61.6 Å². The summed E-state index contributed by atoms with van der Waals surface area (Å²) < 4.78 is 71.7. The first-order valence-electron chi connectivity index (χ1n) is 24.7. The number of ether oxygens (including phenoxy) is 13. The quantitative estimate of drug-likeness (QED) is 0.0541. The molecule has 0 radical (unpaired) electrons. The van der Waals surface area contributed by atoms with Gasteiger partial charge in [0.15, 0.2) is 0 Å². The molecule has 0 fully saturated rings. The molecule has 0 aromatic rings. The molecule has 0 spiro atoms. The Balaban J connectivity index is 3.12. The summed E-state index contributed by atoms with van der Waals surface area (Å²) in [6, 6.07) is 0. The molecule has 0 aromatic carbocycles. The summed E-state index contributed by atoms with van der Waals surface area (Å²) >= 11 is 0. The Morgan fingerprint density at radius 1 is 0.317 bits per heavy atom. The van der Waals surface area contributed by atoms with Crippen molar-refractivity contribution in [2.24, 2.45) is 0 Å². The van der Waals surface area contributed by atoms with E-state index in [0.29, 0.717) is 159 Å². The second kappa shape index (κ2) is 51.8. The van der Waals surface area contributed by atoms with Crippen LogP contribution < -0.4 is 0 Å². The molecule has 0 aromatic heterocycles. The van der Waals surface area contributed by atoms with Crippen LogP contribution in [0.2, 0.25) is 0 Å². The maximum Gasteiger partial charge on any atom is 0.410 e. The van der Waals surface area contributed by atoms with Crippen LogP contribution in [0.25, 0.3) is 0 Å². The van der Waals surface area contributed by atoms with Gasteiger partial charge in [-0.2, -0.15) is 0 Å². The van der Waals surface area contributed by atoms with Crippen molar-refractivity contribution in [1.29, 1.82) is 0 Å². The van der Waals surface area contributed by atoms with Crippen LogP contribution in [0.4, 0.5) is 4.79 Å². The van der Waals surface area contributed by atoms with Gasteiger partial charge < -0.3 is 66.5 Å². The summed E-state index contributed by atoms with van der Waals surface area (Å²) in [5.41, 5.74) is -0.511. The lowest BCUT2D eigenvalue weighted by molar-refractivity contribution is -0.0285. The number of carbonyl (C=O) groups is 1. The van der Waals surface area contributed by atoms with E-state index in [4.69, 9.17) is 61.6 Å². The lowest BCUT2D eigenvalue weighted by Crippen LogP contribution is -2.36. The monoisotopic (exact) mass is 912 g/mol. The molecule has 0 aliphatic heterocycles. The Bertz CT molecular complexity index is 885.